The Hall–Kier alpha value is -2.31. The van der Waals surface area contributed by atoms with Crippen LogP contribution in [0.4, 0.5) is 0 Å². The van der Waals surface area contributed by atoms with E-state index in [1.807, 2.05) is 50.3 Å². The van der Waals surface area contributed by atoms with Crippen molar-refractivity contribution in [1.82, 2.24) is 0 Å². The highest BCUT2D eigenvalue weighted by Crippen LogP contribution is 2.37. The van der Waals surface area contributed by atoms with E-state index < -0.39 is 0 Å². The lowest BCUT2D eigenvalue weighted by atomic mass is 9.97. The molecule has 2 rings (SSSR count). The second-order valence-corrected chi connectivity index (χ2v) is 4.91. The molecule has 1 aliphatic rings. The second-order valence-electron chi connectivity index (χ2n) is 4.91. The van der Waals surface area contributed by atoms with Gasteiger partial charge in [0.05, 0.1) is 0 Å². The van der Waals surface area contributed by atoms with Gasteiger partial charge in [-0.15, -0.1) is 12.3 Å². The highest BCUT2D eigenvalue weighted by molar-refractivity contribution is 5.93. The van der Waals surface area contributed by atoms with Gasteiger partial charge in [0.25, 0.3) is 0 Å². The third-order valence-electron chi connectivity index (χ3n) is 3.07. The molecule has 0 saturated carbocycles. The predicted molar refractivity (Wildman–Crippen MR) is 80.1 cm³/mol. The van der Waals surface area contributed by atoms with Crippen LogP contribution in [0.3, 0.4) is 0 Å². The minimum absolute atomic E-state index is 0.263. The fourth-order valence-electron chi connectivity index (χ4n) is 2.12. The van der Waals surface area contributed by atoms with E-state index in [9.17, 15) is 4.79 Å². The minimum Gasteiger partial charge on any atom is -0.449 e. The molecular formula is C18H18O2. The number of benzene rings is 1. The van der Waals surface area contributed by atoms with Crippen LogP contribution in [0.15, 0.2) is 71.5 Å². The SMILES string of the molecule is C=CCC1=C(C=C=C(C)C)C(c2ccccc2)OC1=O. The first-order valence-electron chi connectivity index (χ1n) is 6.63. The maximum atomic E-state index is 12.0. The lowest BCUT2D eigenvalue weighted by Gasteiger charge is -2.11. The maximum Gasteiger partial charge on any atom is 0.335 e. The van der Waals surface area contributed by atoms with Crippen molar-refractivity contribution in [2.45, 2.75) is 26.4 Å². The Balaban J connectivity index is 2.50. The Morgan fingerprint density at radius 1 is 1.35 bits per heavy atom. The number of carbonyl (C=O) groups excluding carboxylic acids is 1. The third-order valence-corrected chi connectivity index (χ3v) is 3.07. The summed E-state index contributed by atoms with van der Waals surface area (Å²) < 4.78 is 5.52. The first-order chi connectivity index (χ1) is 9.63. The number of cyclic esters (lactones) is 1. The molecule has 0 aromatic heterocycles. The molecule has 1 unspecified atom stereocenters. The molecular weight excluding hydrogens is 248 g/mol. The number of carbonyl (C=O) groups is 1. The Morgan fingerprint density at radius 2 is 2.05 bits per heavy atom. The molecule has 1 aliphatic heterocycles. The molecule has 1 atom stereocenters. The standard InChI is InChI=1S/C18H18O2/c1-4-8-16-15(12-11-13(2)3)17(20-18(16)19)14-9-6-5-7-10-14/h4-7,9-10,12,17H,1,8H2,2-3H3. The van der Waals surface area contributed by atoms with Crippen molar-refractivity contribution in [3.05, 3.63) is 77.1 Å². The van der Waals surface area contributed by atoms with Gasteiger partial charge < -0.3 is 4.74 Å². The zero-order valence-corrected chi connectivity index (χ0v) is 11.8. The largest absolute Gasteiger partial charge is 0.449 e. The second kappa shape index (κ2) is 6.23. The quantitative estimate of drug-likeness (QED) is 0.462. The maximum absolute atomic E-state index is 12.0. The molecule has 1 aromatic rings. The summed E-state index contributed by atoms with van der Waals surface area (Å²) >= 11 is 0. The van der Waals surface area contributed by atoms with Gasteiger partial charge in [0.1, 0.15) is 0 Å². The molecule has 0 spiro atoms. The van der Waals surface area contributed by atoms with Crippen LogP contribution in [0.1, 0.15) is 31.9 Å². The van der Waals surface area contributed by atoms with Crippen LogP contribution in [0.2, 0.25) is 0 Å². The van der Waals surface area contributed by atoms with Gasteiger partial charge in [-0.25, -0.2) is 4.79 Å². The number of hydrogen-bond donors (Lipinski definition) is 0. The Bertz CT molecular complexity index is 610. The molecule has 0 radical (unpaired) electrons. The summed E-state index contributed by atoms with van der Waals surface area (Å²) in [6.07, 6.45) is 3.75. The number of ether oxygens (including phenoxy) is 1. The number of hydrogen-bond acceptors (Lipinski definition) is 2. The van der Waals surface area contributed by atoms with E-state index in [1.54, 1.807) is 6.08 Å². The summed E-state index contributed by atoms with van der Waals surface area (Å²) in [6, 6.07) is 9.75. The third kappa shape index (κ3) is 2.98. The molecule has 20 heavy (non-hydrogen) atoms. The van der Waals surface area contributed by atoms with Crippen molar-refractivity contribution >= 4 is 5.97 Å². The van der Waals surface area contributed by atoms with Crippen molar-refractivity contribution in [3.63, 3.8) is 0 Å². The predicted octanol–water partition coefficient (Wildman–Crippen LogP) is 4.28. The first kappa shape index (κ1) is 14.1. The van der Waals surface area contributed by atoms with E-state index >= 15 is 0 Å². The highest BCUT2D eigenvalue weighted by atomic mass is 16.5. The van der Waals surface area contributed by atoms with Gasteiger partial charge in [-0.05, 0) is 37.5 Å². The van der Waals surface area contributed by atoms with Gasteiger partial charge in [0.15, 0.2) is 6.10 Å². The van der Waals surface area contributed by atoms with Crippen LogP contribution >= 0.6 is 0 Å². The van der Waals surface area contributed by atoms with Gasteiger partial charge in [0.2, 0.25) is 0 Å². The zero-order chi connectivity index (χ0) is 14.5. The molecule has 1 aromatic carbocycles. The number of esters is 1. The smallest absolute Gasteiger partial charge is 0.335 e. The normalized spacial score (nSPS) is 17.5. The molecule has 0 amide bonds. The topological polar surface area (TPSA) is 26.3 Å². The van der Waals surface area contributed by atoms with E-state index in [0.29, 0.717) is 12.0 Å². The minimum atomic E-state index is -0.342. The average molecular weight is 266 g/mol. The van der Waals surface area contributed by atoms with Crippen molar-refractivity contribution in [1.29, 1.82) is 0 Å². The lowest BCUT2D eigenvalue weighted by Crippen LogP contribution is -2.02. The molecule has 102 valence electrons. The van der Waals surface area contributed by atoms with E-state index in [-0.39, 0.29) is 12.1 Å². The van der Waals surface area contributed by atoms with Gasteiger partial charge in [-0.3, -0.25) is 0 Å². The van der Waals surface area contributed by atoms with Gasteiger partial charge in [0, 0.05) is 11.1 Å². The monoisotopic (exact) mass is 266 g/mol. The highest BCUT2D eigenvalue weighted by Gasteiger charge is 2.32. The summed E-state index contributed by atoms with van der Waals surface area (Å²) in [5.74, 6) is -0.263. The summed E-state index contributed by atoms with van der Waals surface area (Å²) in [6.45, 7) is 7.65. The van der Waals surface area contributed by atoms with E-state index in [1.165, 1.54) is 0 Å². The molecule has 2 heteroatoms. The Morgan fingerprint density at radius 3 is 2.65 bits per heavy atom. The molecule has 0 bridgehead atoms. The fourth-order valence-corrected chi connectivity index (χ4v) is 2.12. The summed E-state index contributed by atoms with van der Waals surface area (Å²) in [5.41, 5.74) is 6.74. The van der Waals surface area contributed by atoms with Gasteiger partial charge in [-0.1, -0.05) is 36.4 Å². The van der Waals surface area contributed by atoms with Crippen molar-refractivity contribution in [2.24, 2.45) is 0 Å². The molecule has 2 nitrogen and oxygen atoms in total. The number of allylic oxidation sites excluding steroid dienone is 1. The van der Waals surface area contributed by atoms with Crippen molar-refractivity contribution in [3.8, 4) is 0 Å². The summed E-state index contributed by atoms with van der Waals surface area (Å²) in [5, 5.41) is 0. The van der Waals surface area contributed by atoms with Crippen LogP contribution in [-0.4, -0.2) is 5.97 Å². The fraction of sp³-hybridized carbons (Fsp3) is 0.222. The van der Waals surface area contributed by atoms with Crippen LogP contribution in [-0.2, 0) is 9.53 Å². The Labute approximate surface area is 119 Å². The van der Waals surface area contributed by atoms with Crippen LogP contribution < -0.4 is 0 Å². The molecule has 0 aliphatic carbocycles. The summed E-state index contributed by atoms with van der Waals surface area (Å²) in [7, 11) is 0. The number of rotatable bonds is 4. The molecule has 0 N–H and O–H groups in total. The van der Waals surface area contributed by atoms with Crippen molar-refractivity contribution in [2.75, 3.05) is 0 Å². The van der Waals surface area contributed by atoms with Crippen molar-refractivity contribution < 1.29 is 9.53 Å². The first-order valence-corrected chi connectivity index (χ1v) is 6.63. The van der Waals surface area contributed by atoms with Crippen LogP contribution in [0.5, 0.6) is 0 Å². The van der Waals surface area contributed by atoms with Crippen LogP contribution in [0.25, 0.3) is 0 Å². The average Bonchev–Trinajstić information content (AvgIpc) is 2.75. The van der Waals surface area contributed by atoms with E-state index in [0.717, 1.165) is 16.7 Å². The zero-order valence-electron chi connectivity index (χ0n) is 11.8. The van der Waals surface area contributed by atoms with Gasteiger partial charge in [-0.2, -0.15) is 0 Å². The van der Waals surface area contributed by atoms with E-state index in [4.69, 9.17) is 4.74 Å². The van der Waals surface area contributed by atoms with Crippen LogP contribution in [0, 0.1) is 0 Å². The molecule has 1 heterocycles. The Kier molecular flexibility index (Phi) is 4.39. The van der Waals surface area contributed by atoms with E-state index in [2.05, 4.69) is 12.3 Å². The molecule has 0 fully saturated rings. The lowest BCUT2D eigenvalue weighted by molar-refractivity contribution is -0.140. The molecule has 0 saturated heterocycles. The summed E-state index contributed by atoms with van der Waals surface area (Å²) in [4.78, 5) is 12.0. The van der Waals surface area contributed by atoms with Gasteiger partial charge >= 0.3 is 5.97 Å².